The fourth-order valence-corrected chi connectivity index (χ4v) is 2.25. The number of rotatable bonds is 8. The molecular formula is C18H31IN4O. The second kappa shape index (κ2) is 13.0. The lowest BCUT2D eigenvalue weighted by atomic mass is 10.1. The molecule has 1 amide bonds. The molecule has 0 atom stereocenters. The number of unbranched alkanes of at least 4 members (excludes halogenated alkanes) is 1. The van der Waals surface area contributed by atoms with Crippen LogP contribution in [0.15, 0.2) is 29.3 Å². The van der Waals surface area contributed by atoms with E-state index in [-0.39, 0.29) is 29.9 Å². The van der Waals surface area contributed by atoms with Crippen molar-refractivity contribution >= 4 is 41.5 Å². The van der Waals surface area contributed by atoms with Crippen molar-refractivity contribution in [3.05, 3.63) is 29.8 Å². The van der Waals surface area contributed by atoms with Gasteiger partial charge in [0, 0.05) is 32.7 Å². The molecule has 0 saturated heterocycles. The van der Waals surface area contributed by atoms with Crippen LogP contribution in [-0.2, 0) is 11.3 Å². The van der Waals surface area contributed by atoms with E-state index in [1.54, 1.807) is 7.05 Å². The minimum atomic E-state index is -0.0611. The molecule has 5 nitrogen and oxygen atoms in total. The summed E-state index contributed by atoms with van der Waals surface area (Å²) in [6, 6.07) is 7.80. The van der Waals surface area contributed by atoms with Crippen LogP contribution in [0.3, 0.4) is 0 Å². The zero-order valence-electron chi connectivity index (χ0n) is 15.2. The number of hydrogen-bond acceptors (Lipinski definition) is 2. The van der Waals surface area contributed by atoms with E-state index in [4.69, 9.17) is 0 Å². The van der Waals surface area contributed by atoms with Crippen LogP contribution in [0.4, 0.5) is 5.69 Å². The highest BCUT2D eigenvalue weighted by Gasteiger charge is 2.01. The van der Waals surface area contributed by atoms with Gasteiger partial charge in [0.25, 0.3) is 0 Å². The van der Waals surface area contributed by atoms with E-state index in [0.717, 1.165) is 36.1 Å². The molecule has 136 valence electrons. The van der Waals surface area contributed by atoms with Gasteiger partial charge in [-0.1, -0.05) is 38.8 Å². The SMILES string of the molecule is CN=C(NCCCCC(C)C)NCc1cccc(NC(C)=O)c1.I. The molecule has 0 radical (unpaired) electrons. The van der Waals surface area contributed by atoms with Gasteiger partial charge in [-0.05, 0) is 30.0 Å². The van der Waals surface area contributed by atoms with Crippen LogP contribution in [0.2, 0.25) is 0 Å². The van der Waals surface area contributed by atoms with Gasteiger partial charge in [0.05, 0.1) is 0 Å². The summed E-state index contributed by atoms with van der Waals surface area (Å²) in [6.07, 6.45) is 3.65. The summed E-state index contributed by atoms with van der Waals surface area (Å²) in [5.41, 5.74) is 1.91. The summed E-state index contributed by atoms with van der Waals surface area (Å²) in [5.74, 6) is 1.51. The standard InChI is InChI=1S/C18H30N4O.HI/c1-14(2)8-5-6-11-20-18(19-4)21-13-16-9-7-10-17(12-16)22-15(3)23;/h7,9-10,12,14H,5-6,8,11,13H2,1-4H3,(H,22,23)(H2,19,20,21);1H. The molecule has 0 aliphatic rings. The number of carbonyl (C=O) groups is 1. The van der Waals surface area contributed by atoms with Gasteiger partial charge < -0.3 is 16.0 Å². The van der Waals surface area contributed by atoms with Gasteiger partial charge in [0.1, 0.15) is 0 Å². The third-order valence-electron chi connectivity index (χ3n) is 3.43. The van der Waals surface area contributed by atoms with Gasteiger partial charge in [0.2, 0.25) is 5.91 Å². The summed E-state index contributed by atoms with van der Waals surface area (Å²) in [5, 5.41) is 9.41. The molecule has 24 heavy (non-hydrogen) atoms. The van der Waals surface area contributed by atoms with Crippen molar-refractivity contribution in [3.8, 4) is 0 Å². The first-order valence-corrected chi connectivity index (χ1v) is 8.32. The molecule has 0 saturated carbocycles. The maximum Gasteiger partial charge on any atom is 0.221 e. The lowest BCUT2D eigenvalue weighted by Gasteiger charge is -2.13. The van der Waals surface area contributed by atoms with Gasteiger partial charge in [-0.15, -0.1) is 24.0 Å². The first kappa shape index (κ1) is 22.7. The Morgan fingerprint density at radius 3 is 2.58 bits per heavy atom. The Kier molecular flexibility index (Phi) is 12.3. The Morgan fingerprint density at radius 1 is 1.21 bits per heavy atom. The highest BCUT2D eigenvalue weighted by Crippen LogP contribution is 2.10. The number of halogens is 1. The average Bonchev–Trinajstić information content (AvgIpc) is 2.49. The number of anilines is 1. The number of guanidine groups is 1. The predicted octanol–water partition coefficient (Wildman–Crippen LogP) is 3.75. The molecule has 0 unspecified atom stereocenters. The molecule has 0 spiro atoms. The predicted molar refractivity (Wildman–Crippen MR) is 113 cm³/mol. The first-order valence-electron chi connectivity index (χ1n) is 8.32. The second-order valence-electron chi connectivity index (χ2n) is 6.12. The minimum Gasteiger partial charge on any atom is -0.356 e. The molecular weight excluding hydrogens is 415 g/mol. The molecule has 0 aliphatic heterocycles. The maximum atomic E-state index is 11.1. The fourth-order valence-electron chi connectivity index (χ4n) is 2.25. The Morgan fingerprint density at radius 2 is 1.96 bits per heavy atom. The molecule has 3 N–H and O–H groups in total. The molecule has 0 aliphatic carbocycles. The Hall–Kier alpha value is -1.31. The summed E-state index contributed by atoms with van der Waals surface area (Å²) in [7, 11) is 1.77. The highest BCUT2D eigenvalue weighted by atomic mass is 127. The largest absolute Gasteiger partial charge is 0.356 e. The summed E-state index contributed by atoms with van der Waals surface area (Å²) in [6.45, 7) is 7.61. The van der Waals surface area contributed by atoms with Gasteiger partial charge in [-0.2, -0.15) is 0 Å². The average molecular weight is 446 g/mol. The van der Waals surface area contributed by atoms with Crippen LogP contribution in [0.25, 0.3) is 0 Å². The van der Waals surface area contributed by atoms with E-state index in [2.05, 4.69) is 34.8 Å². The van der Waals surface area contributed by atoms with Crippen molar-refractivity contribution in [2.24, 2.45) is 10.9 Å². The van der Waals surface area contributed by atoms with Crippen LogP contribution in [0, 0.1) is 5.92 Å². The molecule has 1 aromatic rings. The number of amides is 1. The molecule has 1 rings (SSSR count). The lowest BCUT2D eigenvalue weighted by molar-refractivity contribution is -0.114. The van der Waals surface area contributed by atoms with E-state index in [9.17, 15) is 4.79 Å². The summed E-state index contributed by atoms with van der Waals surface area (Å²) >= 11 is 0. The first-order chi connectivity index (χ1) is 11.0. The second-order valence-corrected chi connectivity index (χ2v) is 6.12. The van der Waals surface area contributed by atoms with Crippen LogP contribution in [-0.4, -0.2) is 25.5 Å². The Labute approximate surface area is 163 Å². The number of nitrogens with one attached hydrogen (secondary N) is 3. The third kappa shape index (κ3) is 10.5. The molecule has 0 fully saturated rings. The smallest absolute Gasteiger partial charge is 0.221 e. The van der Waals surface area contributed by atoms with Crippen LogP contribution in [0.5, 0.6) is 0 Å². The Balaban J connectivity index is 0.00000529. The van der Waals surface area contributed by atoms with Crippen LogP contribution < -0.4 is 16.0 Å². The van der Waals surface area contributed by atoms with Crippen molar-refractivity contribution in [1.82, 2.24) is 10.6 Å². The Bertz CT molecular complexity index is 517. The van der Waals surface area contributed by atoms with E-state index < -0.39 is 0 Å². The zero-order chi connectivity index (χ0) is 17.1. The van der Waals surface area contributed by atoms with Crippen molar-refractivity contribution in [2.45, 2.75) is 46.6 Å². The van der Waals surface area contributed by atoms with Crippen molar-refractivity contribution in [1.29, 1.82) is 0 Å². The minimum absolute atomic E-state index is 0. The van der Waals surface area contributed by atoms with Gasteiger partial charge in [-0.3, -0.25) is 9.79 Å². The third-order valence-corrected chi connectivity index (χ3v) is 3.43. The van der Waals surface area contributed by atoms with E-state index in [0.29, 0.717) is 6.54 Å². The number of hydrogen-bond donors (Lipinski definition) is 3. The maximum absolute atomic E-state index is 11.1. The van der Waals surface area contributed by atoms with Gasteiger partial charge in [0.15, 0.2) is 5.96 Å². The fraction of sp³-hybridized carbons (Fsp3) is 0.556. The van der Waals surface area contributed by atoms with Crippen molar-refractivity contribution < 1.29 is 4.79 Å². The number of nitrogens with zero attached hydrogens (tertiary/aromatic N) is 1. The number of aliphatic imine (C=N–C) groups is 1. The van der Waals surface area contributed by atoms with Crippen LogP contribution >= 0.6 is 24.0 Å². The lowest BCUT2D eigenvalue weighted by Crippen LogP contribution is -2.37. The quantitative estimate of drug-likeness (QED) is 0.247. The van der Waals surface area contributed by atoms with Crippen LogP contribution in [0.1, 0.15) is 45.6 Å². The monoisotopic (exact) mass is 446 g/mol. The molecule has 0 bridgehead atoms. The number of benzene rings is 1. The zero-order valence-corrected chi connectivity index (χ0v) is 17.5. The summed E-state index contributed by atoms with van der Waals surface area (Å²) in [4.78, 5) is 15.3. The van der Waals surface area contributed by atoms with E-state index in [1.165, 1.54) is 19.8 Å². The molecule has 0 heterocycles. The number of carbonyl (C=O) groups excluding carboxylic acids is 1. The molecule has 1 aromatic carbocycles. The molecule has 6 heteroatoms. The van der Waals surface area contributed by atoms with E-state index >= 15 is 0 Å². The van der Waals surface area contributed by atoms with Crippen molar-refractivity contribution in [3.63, 3.8) is 0 Å². The summed E-state index contributed by atoms with van der Waals surface area (Å²) < 4.78 is 0. The highest BCUT2D eigenvalue weighted by molar-refractivity contribution is 14.0. The normalized spacial score (nSPS) is 11.0. The molecule has 0 aromatic heterocycles. The van der Waals surface area contributed by atoms with Gasteiger partial charge >= 0.3 is 0 Å². The van der Waals surface area contributed by atoms with Crippen molar-refractivity contribution in [2.75, 3.05) is 18.9 Å². The van der Waals surface area contributed by atoms with Gasteiger partial charge in [-0.25, -0.2) is 0 Å². The topological polar surface area (TPSA) is 65.5 Å². The van der Waals surface area contributed by atoms with E-state index in [1.807, 2.05) is 24.3 Å².